The summed E-state index contributed by atoms with van der Waals surface area (Å²) in [5.74, 6) is -1.45. The first kappa shape index (κ1) is 13.8. The van der Waals surface area contributed by atoms with Gasteiger partial charge in [0.15, 0.2) is 0 Å². The second-order valence-electron chi connectivity index (χ2n) is 3.94. The topological polar surface area (TPSA) is 92.2 Å². The molecule has 2 aromatic rings. The van der Waals surface area contributed by atoms with Crippen LogP contribution in [0.25, 0.3) is 11.0 Å². The first-order chi connectivity index (χ1) is 9.21. The molecule has 1 heterocycles. The molecule has 0 spiro atoms. The molecule has 0 fully saturated rings. The van der Waals surface area contributed by atoms with E-state index >= 15 is 0 Å². The van der Waals surface area contributed by atoms with E-state index in [4.69, 9.17) is 5.11 Å². The summed E-state index contributed by atoms with van der Waals surface area (Å²) in [7, 11) is 0. The van der Waals surface area contributed by atoms with Crippen LogP contribution < -0.4 is 11.1 Å². The van der Waals surface area contributed by atoms with E-state index < -0.39 is 40.9 Å². The van der Waals surface area contributed by atoms with Crippen molar-refractivity contribution in [2.75, 3.05) is 0 Å². The van der Waals surface area contributed by atoms with Crippen LogP contribution in [0, 0.1) is 0 Å². The average Bonchev–Trinajstić information content (AvgIpc) is 2.32. The van der Waals surface area contributed by atoms with Crippen molar-refractivity contribution in [2.45, 2.75) is 12.7 Å². The van der Waals surface area contributed by atoms with Gasteiger partial charge in [-0.1, -0.05) is 6.07 Å². The summed E-state index contributed by atoms with van der Waals surface area (Å²) < 4.78 is 38.9. The minimum atomic E-state index is -4.74. The molecular formula is C11H7F3N2O4. The van der Waals surface area contributed by atoms with Crippen LogP contribution in [-0.4, -0.2) is 20.6 Å². The Balaban J connectivity index is 2.94. The standard InChI is InChI=1S/C11H7F3N2O4/c12-11(13,14)5-2-1-3-6-8(5)15-9(19)10(20)16(6)4-7(17)18/h1-3H,4H2,(H,15,19)(H,17,18). The Kier molecular flexibility index (Phi) is 3.12. The summed E-state index contributed by atoms with van der Waals surface area (Å²) in [5, 5.41) is 8.68. The zero-order valence-corrected chi connectivity index (χ0v) is 9.69. The molecule has 0 amide bonds. The third kappa shape index (κ3) is 2.29. The fourth-order valence-electron chi connectivity index (χ4n) is 1.82. The molecule has 0 saturated carbocycles. The molecule has 0 aliphatic heterocycles. The van der Waals surface area contributed by atoms with Crippen molar-refractivity contribution in [1.29, 1.82) is 0 Å². The molecule has 20 heavy (non-hydrogen) atoms. The zero-order valence-electron chi connectivity index (χ0n) is 9.69. The maximum absolute atomic E-state index is 12.8. The van der Waals surface area contributed by atoms with Gasteiger partial charge in [-0.05, 0) is 12.1 Å². The van der Waals surface area contributed by atoms with E-state index in [0.29, 0.717) is 4.57 Å². The summed E-state index contributed by atoms with van der Waals surface area (Å²) in [5.41, 5.74) is -4.60. The first-order valence-electron chi connectivity index (χ1n) is 5.26. The summed E-state index contributed by atoms with van der Waals surface area (Å²) in [6.07, 6.45) is -4.74. The molecule has 0 atom stereocenters. The summed E-state index contributed by atoms with van der Waals surface area (Å²) in [6.45, 7) is -0.902. The van der Waals surface area contributed by atoms with Gasteiger partial charge in [0.05, 0.1) is 16.6 Å². The second-order valence-corrected chi connectivity index (χ2v) is 3.94. The number of carbonyl (C=O) groups is 1. The van der Waals surface area contributed by atoms with E-state index in [1.54, 1.807) is 0 Å². The third-order valence-corrected chi connectivity index (χ3v) is 2.61. The summed E-state index contributed by atoms with van der Waals surface area (Å²) in [6, 6.07) is 2.89. The summed E-state index contributed by atoms with van der Waals surface area (Å²) in [4.78, 5) is 35.4. The molecule has 0 unspecified atom stereocenters. The van der Waals surface area contributed by atoms with E-state index in [-0.39, 0.29) is 5.52 Å². The number of benzene rings is 1. The Bertz CT molecular complexity index is 804. The molecule has 9 heteroatoms. The number of carboxylic acids is 1. The fraction of sp³-hybridized carbons (Fsp3) is 0.182. The number of rotatable bonds is 2. The highest BCUT2D eigenvalue weighted by atomic mass is 19.4. The number of carboxylic acid groups (broad SMARTS) is 1. The lowest BCUT2D eigenvalue weighted by Gasteiger charge is -2.12. The zero-order chi connectivity index (χ0) is 15.1. The van der Waals surface area contributed by atoms with Crippen LogP contribution in [0.5, 0.6) is 0 Å². The number of halogens is 3. The Hall–Kier alpha value is -2.58. The van der Waals surface area contributed by atoms with Gasteiger partial charge in [0.1, 0.15) is 6.54 Å². The first-order valence-corrected chi connectivity index (χ1v) is 5.26. The molecule has 106 valence electrons. The molecule has 1 aromatic heterocycles. The van der Waals surface area contributed by atoms with Gasteiger partial charge in [0, 0.05) is 0 Å². The molecule has 6 nitrogen and oxygen atoms in total. The Morgan fingerprint density at radius 2 is 1.95 bits per heavy atom. The molecular weight excluding hydrogens is 281 g/mol. The lowest BCUT2D eigenvalue weighted by Crippen LogP contribution is -2.38. The number of aromatic amines is 1. The highest BCUT2D eigenvalue weighted by Gasteiger charge is 2.33. The van der Waals surface area contributed by atoms with E-state index in [1.807, 2.05) is 4.98 Å². The van der Waals surface area contributed by atoms with Gasteiger partial charge in [-0.2, -0.15) is 13.2 Å². The number of aromatic nitrogens is 2. The number of H-pyrrole nitrogens is 1. The van der Waals surface area contributed by atoms with Crippen LogP contribution in [0.4, 0.5) is 13.2 Å². The van der Waals surface area contributed by atoms with Gasteiger partial charge in [-0.25, -0.2) is 0 Å². The van der Waals surface area contributed by atoms with Crippen molar-refractivity contribution >= 4 is 17.0 Å². The highest BCUT2D eigenvalue weighted by molar-refractivity contribution is 5.80. The number of alkyl halides is 3. The van der Waals surface area contributed by atoms with Gasteiger partial charge in [-0.3, -0.25) is 19.0 Å². The van der Waals surface area contributed by atoms with Gasteiger partial charge in [-0.15, -0.1) is 0 Å². The lowest BCUT2D eigenvalue weighted by atomic mass is 10.1. The molecule has 1 aromatic carbocycles. The molecule has 0 bridgehead atoms. The minimum Gasteiger partial charge on any atom is -0.480 e. The maximum atomic E-state index is 12.8. The number of nitrogens with one attached hydrogen (secondary N) is 1. The van der Waals surface area contributed by atoms with Crippen molar-refractivity contribution in [3.63, 3.8) is 0 Å². The van der Waals surface area contributed by atoms with E-state index in [1.165, 1.54) is 0 Å². The second kappa shape index (κ2) is 4.51. The van der Waals surface area contributed by atoms with Crippen molar-refractivity contribution in [2.24, 2.45) is 0 Å². The van der Waals surface area contributed by atoms with Gasteiger partial charge in [0.25, 0.3) is 0 Å². The van der Waals surface area contributed by atoms with Crippen LogP contribution in [0.15, 0.2) is 27.8 Å². The van der Waals surface area contributed by atoms with Crippen molar-refractivity contribution in [3.05, 3.63) is 44.5 Å². The predicted molar refractivity (Wildman–Crippen MR) is 61.5 cm³/mol. The van der Waals surface area contributed by atoms with E-state index in [0.717, 1.165) is 18.2 Å². The van der Waals surface area contributed by atoms with Crippen LogP contribution in [0.3, 0.4) is 0 Å². The van der Waals surface area contributed by atoms with Crippen molar-refractivity contribution < 1.29 is 23.1 Å². The van der Waals surface area contributed by atoms with Gasteiger partial charge in [0.2, 0.25) is 0 Å². The van der Waals surface area contributed by atoms with Crippen molar-refractivity contribution in [3.8, 4) is 0 Å². The Morgan fingerprint density at radius 3 is 2.50 bits per heavy atom. The number of fused-ring (bicyclic) bond motifs is 1. The summed E-state index contributed by atoms with van der Waals surface area (Å²) >= 11 is 0. The minimum absolute atomic E-state index is 0.299. The van der Waals surface area contributed by atoms with Crippen molar-refractivity contribution in [1.82, 2.24) is 9.55 Å². The largest absolute Gasteiger partial charge is 0.480 e. The molecule has 2 rings (SSSR count). The quantitative estimate of drug-likeness (QED) is 0.799. The lowest BCUT2D eigenvalue weighted by molar-refractivity contribution is -0.137. The maximum Gasteiger partial charge on any atom is 0.418 e. The smallest absolute Gasteiger partial charge is 0.418 e. The third-order valence-electron chi connectivity index (χ3n) is 2.61. The van der Waals surface area contributed by atoms with Gasteiger partial charge < -0.3 is 10.1 Å². The Labute approximate surface area is 108 Å². The fourth-order valence-corrected chi connectivity index (χ4v) is 1.82. The van der Waals surface area contributed by atoms with E-state index in [9.17, 15) is 27.6 Å². The van der Waals surface area contributed by atoms with Crippen LogP contribution in [-0.2, 0) is 17.5 Å². The molecule has 0 saturated heterocycles. The molecule has 0 aliphatic carbocycles. The number of para-hydroxylation sites is 1. The normalized spacial score (nSPS) is 11.8. The number of hydrogen-bond acceptors (Lipinski definition) is 3. The predicted octanol–water partition coefficient (Wildman–Crippen LogP) is 0.793. The monoisotopic (exact) mass is 288 g/mol. The number of nitrogens with zero attached hydrogens (tertiary/aromatic N) is 1. The molecule has 2 N–H and O–H groups in total. The van der Waals surface area contributed by atoms with E-state index in [2.05, 4.69) is 0 Å². The highest BCUT2D eigenvalue weighted by Crippen LogP contribution is 2.32. The SMILES string of the molecule is O=C(O)Cn1c(=O)c(=O)[nH]c2c(C(F)(F)F)cccc21. The Morgan fingerprint density at radius 1 is 1.30 bits per heavy atom. The molecule has 0 aliphatic rings. The number of aliphatic carboxylic acids is 1. The number of hydrogen-bond donors (Lipinski definition) is 2. The van der Waals surface area contributed by atoms with Crippen LogP contribution in [0.1, 0.15) is 5.56 Å². The molecule has 0 radical (unpaired) electrons. The average molecular weight is 288 g/mol. The van der Waals surface area contributed by atoms with Crippen LogP contribution >= 0.6 is 0 Å². The van der Waals surface area contributed by atoms with Crippen LogP contribution in [0.2, 0.25) is 0 Å². The van der Waals surface area contributed by atoms with Gasteiger partial charge >= 0.3 is 23.3 Å².